The first-order valence-electron chi connectivity index (χ1n) is 4.39. The maximum Gasteiger partial charge on any atom is 0.0581 e. The topological polar surface area (TPSA) is 9.23 Å². The molecule has 58 valence electrons. The Bertz CT molecular complexity index is 131. The normalized spacial score (nSPS) is 45.3. The first kappa shape index (κ1) is 6.66. The van der Waals surface area contributed by atoms with Crippen molar-refractivity contribution in [3.05, 3.63) is 0 Å². The van der Waals surface area contributed by atoms with E-state index in [0.717, 1.165) is 24.4 Å². The van der Waals surface area contributed by atoms with Crippen LogP contribution in [0.25, 0.3) is 0 Å². The van der Waals surface area contributed by atoms with E-state index in [0.29, 0.717) is 6.10 Å². The van der Waals surface area contributed by atoms with Crippen molar-refractivity contribution in [1.29, 1.82) is 0 Å². The smallest absolute Gasteiger partial charge is 0.0581 e. The summed E-state index contributed by atoms with van der Waals surface area (Å²) < 4.78 is 5.53. The molecule has 0 radical (unpaired) electrons. The molecule has 0 spiro atoms. The second-order valence-electron chi connectivity index (χ2n) is 4.09. The second kappa shape index (κ2) is 2.23. The summed E-state index contributed by atoms with van der Waals surface area (Å²) >= 11 is 0. The number of ether oxygens (including phenoxy) is 1. The summed E-state index contributed by atoms with van der Waals surface area (Å²) in [5, 5.41) is 0. The van der Waals surface area contributed by atoms with Gasteiger partial charge < -0.3 is 4.74 Å². The lowest BCUT2D eigenvalue weighted by Gasteiger charge is -2.24. The fraction of sp³-hybridized carbons (Fsp3) is 1.00. The third-order valence-corrected chi connectivity index (χ3v) is 3.11. The van der Waals surface area contributed by atoms with Crippen LogP contribution >= 0.6 is 0 Å². The van der Waals surface area contributed by atoms with E-state index in [1.54, 1.807) is 0 Å². The summed E-state index contributed by atoms with van der Waals surface area (Å²) in [6.45, 7) is 5.73. The molecule has 1 nitrogen and oxygen atoms in total. The second-order valence-corrected chi connectivity index (χ2v) is 4.09. The van der Waals surface area contributed by atoms with Crippen molar-refractivity contribution in [2.24, 2.45) is 17.8 Å². The van der Waals surface area contributed by atoms with Crippen molar-refractivity contribution in [1.82, 2.24) is 0 Å². The first-order valence-corrected chi connectivity index (χ1v) is 4.39. The van der Waals surface area contributed by atoms with Crippen molar-refractivity contribution in [3.8, 4) is 0 Å². The lowest BCUT2D eigenvalue weighted by molar-refractivity contribution is 0.0403. The Morgan fingerprint density at radius 2 is 2.10 bits per heavy atom. The molecule has 2 aliphatic rings. The molecule has 0 amide bonds. The maximum atomic E-state index is 5.53. The van der Waals surface area contributed by atoms with Crippen LogP contribution in [0.4, 0.5) is 0 Å². The number of rotatable bonds is 1. The molecule has 1 heterocycles. The summed E-state index contributed by atoms with van der Waals surface area (Å²) in [7, 11) is 0. The average Bonchev–Trinajstić information content (AvgIpc) is 2.44. The van der Waals surface area contributed by atoms with Crippen LogP contribution < -0.4 is 0 Å². The molecule has 1 aliphatic carbocycles. The molecule has 0 aromatic rings. The van der Waals surface area contributed by atoms with Crippen LogP contribution in [-0.2, 0) is 4.74 Å². The van der Waals surface area contributed by atoms with Gasteiger partial charge in [-0.15, -0.1) is 0 Å². The van der Waals surface area contributed by atoms with Crippen molar-refractivity contribution in [2.45, 2.75) is 32.8 Å². The van der Waals surface area contributed by atoms with Gasteiger partial charge in [-0.05, 0) is 30.6 Å². The van der Waals surface area contributed by atoms with Gasteiger partial charge in [0.05, 0.1) is 12.7 Å². The molecule has 2 bridgehead atoms. The molecule has 2 fully saturated rings. The van der Waals surface area contributed by atoms with Crippen molar-refractivity contribution >= 4 is 0 Å². The minimum Gasteiger partial charge on any atom is -0.378 e. The van der Waals surface area contributed by atoms with E-state index in [2.05, 4.69) is 13.8 Å². The van der Waals surface area contributed by atoms with Crippen LogP contribution in [0, 0.1) is 17.8 Å². The van der Waals surface area contributed by atoms with Gasteiger partial charge in [0.1, 0.15) is 0 Å². The Morgan fingerprint density at radius 3 is 2.40 bits per heavy atom. The molecule has 0 aromatic heterocycles. The van der Waals surface area contributed by atoms with E-state index >= 15 is 0 Å². The van der Waals surface area contributed by atoms with Crippen LogP contribution in [-0.4, -0.2) is 12.7 Å². The van der Waals surface area contributed by atoms with Crippen molar-refractivity contribution in [3.63, 3.8) is 0 Å². The van der Waals surface area contributed by atoms with Crippen molar-refractivity contribution < 1.29 is 4.74 Å². The fourth-order valence-electron chi connectivity index (χ4n) is 2.51. The van der Waals surface area contributed by atoms with E-state index in [4.69, 9.17) is 4.74 Å². The zero-order chi connectivity index (χ0) is 7.14. The molecule has 0 aromatic carbocycles. The van der Waals surface area contributed by atoms with Gasteiger partial charge in [-0.25, -0.2) is 0 Å². The van der Waals surface area contributed by atoms with Crippen LogP contribution in [0.5, 0.6) is 0 Å². The number of fused-ring (bicyclic) bond motifs is 2. The highest BCUT2D eigenvalue weighted by molar-refractivity contribution is 4.90. The predicted molar refractivity (Wildman–Crippen MR) is 40.8 cm³/mol. The molecular formula is C9H16O. The predicted octanol–water partition coefficient (Wildman–Crippen LogP) is 2.07. The molecule has 10 heavy (non-hydrogen) atoms. The van der Waals surface area contributed by atoms with Gasteiger partial charge in [-0.2, -0.15) is 0 Å². The van der Waals surface area contributed by atoms with E-state index in [1.807, 2.05) is 0 Å². The maximum absolute atomic E-state index is 5.53. The zero-order valence-electron chi connectivity index (χ0n) is 6.84. The summed E-state index contributed by atoms with van der Waals surface area (Å²) in [6, 6.07) is 0. The Labute approximate surface area is 62.8 Å². The van der Waals surface area contributed by atoms with Crippen molar-refractivity contribution in [2.75, 3.05) is 6.61 Å². The standard InChI is InChI=1S/C9H16O/c1-6(2)9-4-8-3-7(9)5-10-8/h6-9H,3-5H2,1-2H3/t7-,8-,9?/m0/s1. The monoisotopic (exact) mass is 140 g/mol. The van der Waals surface area contributed by atoms with Gasteiger partial charge >= 0.3 is 0 Å². The fourth-order valence-corrected chi connectivity index (χ4v) is 2.51. The third kappa shape index (κ3) is 0.878. The van der Waals surface area contributed by atoms with Crippen LogP contribution in [0.15, 0.2) is 0 Å². The lowest BCUT2D eigenvalue weighted by Crippen LogP contribution is -2.21. The van der Waals surface area contributed by atoms with E-state index in [-0.39, 0.29) is 0 Å². The molecule has 0 N–H and O–H groups in total. The summed E-state index contributed by atoms with van der Waals surface area (Å²) in [5.41, 5.74) is 0. The summed E-state index contributed by atoms with van der Waals surface area (Å²) in [4.78, 5) is 0. The van der Waals surface area contributed by atoms with Crippen LogP contribution in [0.2, 0.25) is 0 Å². The SMILES string of the molecule is CC(C)C1C[C@@H]2C[C@H]1CO2. The van der Waals surface area contributed by atoms with E-state index in [9.17, 15) is 0 Å². The first-order chi connectivity index (χ1) is 4.77. The van der Waals surface area contributed by atoms with Gasteiger partial charge in [0.25, 0.3) is 0 Å². The minimum atomic E-state index is 0.636. The molecule has 1 saturated carbocycles. The third-order valence-electron chi connectivity index (χ3n) is 3.11. The van der Waals surface area contributed by atoms with Gasteiger partial charge in [0, 0.05) is 0 Å². The molecule has 1 saturated heterocycles. The minimum absolute atomic E-state index is 0.636. The number of hydrogen-bond acceptors (Lipinski definition) is 1. The Morgan fingerprint density at radius 1 is 1.30 bits per heavy atom. The van der Waals surface area contributed by atoms with Gasteiger partial charge in [0.15, 0.2) is 0 Å². The Hall–Kier alpha value is -0.0400. The summed E-state index contributed by atoms with van der Waals surface area (Å²) in [5.74, 6) is 2.75. The zero-order valence-corrected chi connectivity index (χ0v) is 6.84. The summed E-state index contributed by atoms with van der Waals surface area (Å²) in [6.07, 6.45) is 3.32. The molecule has 3 atom stereocenters. The highest BCUT2D eigenvalue weighted by Gasteiger charge is 2.41. The van der Waals surface area contributed by atoms with E-state index < -0.39 is 0 Å². The number of hydrogen-bond donors (Lipinski definition) is 0. The molecule has 2 rings (SSSR count). The van der Waals surface area contributed by atoms with Crippen LogP contribution in [0.3, 0.4) is 0 Å². The van der Waals surface area contributed by atoms with Gasteiger partial charge in [-0.3, -0.25) is 0 Å². The lowest BCUT2D eigenvalue weighted by atomic mass is 9.86. The Balaban J connectivity index is 2.02. The Kier molecular flexibility index (Phi) is 1.48. The van der Waals surface area contributed by atoms with E-state index in [1.165, 1.54) is 12.8 Å². The average molecular weight is 140 g/mol. The molecular weight excluding hydrogens is 124 g/mol. The van der Waals surface area contributed by atoms with Gasteiger partial charge in [-0.1, -0.05) is 13.8 Å². The highest BCUT2D eigenvalue weighted by atomic mass is 16.5. The molecule has 1 unspecified atom stereocenters. The molecule has 1 aliphatic heterocycles. The quantitative estimate of drug-likeness (QED) is 0.541. The highest BCUT2D eigenvalue weighted by Crippen LogP contribution is 2.43. The van der Waals surface area contributed by atoms with Gasteiger partial charge in [0.2, 0.25) is 0 Å². The largest absolute Gasteiger partial charge is 0.378 e. The molecule has 1 heteroatoms. The van der Waals surface area contributed by atoms with Crippen LogP contribution in [0.1, 0.15) is 26.7 Å².